The van der Waals surface area contributed by atoms with E-state index in [2.05, 4.69) is 43.2 Å². The monoisotopic (exact) mass is 358 g/mol. The maximum absolute atomic E-state index is 5.36. The highest BCUT2D eigenvalue weighted by Crippen LogP contribution is 2.08. The molecule has 8 heteroatoms. The summed E-state index contributed by atoms with van der Waals surface area (Å²) in [6, 6.07) is 8.09. The van der Waals surface area contributed by atoms with Crippen molar-refractivity contribution < 1.29 is 4.42 Å². The lowest BCUT2D eigenvalue weighted by molar-refractivity contribution is 0.506. The number of nitrogens with one attached hydrogen (secondary N) is 2. The molecule has 3 aromatic heterocycles. The largest absolute Gasteiger partial charge is 0.469 e. The zero-order chi connectivity index (χ0) is 17.3. The molecule has 7 nitrogen and oxygen atoms in total. The molecular weight excluding hydrogens is 336 g/mol. The van der Waals surface area contributed by atoms with Crippen LogP contribution in [0, 0.1) is 0 Å². The average Bonchev–Trinajstić information content (AvgIpc) is 3.35. The molecule has 0 saturated carbocycles. The van der Waals surface area contributed by atoms with Gasteiger partial charge in [0.15, 0.2) is 5.96 Å². The van der Waals surface area contributed by atoms with Gasteiger partial charge in [0.05, 0.1) is 6.26 Å². The van der Waals surface area contributed by atoms with E-state index in [1.807, 2.05) is 19.2 Å². The van der Waals surface area contributed by atoms with Crippen LogP contribution in [-0.2, 0) is 26.4 Å². The first-order valence-corrected chi connectivity index (χ1v) is 9.09. The maximum Gasteiger partial charge on any atom is 0.191 e. The molecule has 0 aromatic carbocycles. The summed E-state index contributed by atoms with van der Waals surface area (Å²) in [6.07, 6.45) is 5.01. The Kier molecular flexibility index (Phi) is 6.22. The van der Waals surface area contributed by atoms with Crippen molar-refractivity contribution in [3.63, 3.8) is 0 Å². The third-order valence-corrected chi connectivity index (χ3v) is 4.61. The van der Waals surface area contributed by atoms with E-state index < -0.39 is 0 Å². The number of aliphatic imine (C=N–C) groups is 1. The number of hydrogen-bond donors (Lipinski definition) is 2. The molecule has 0 saturated heterocycles. The highest BCUT2D eigenvalue weighted by atomic mass is 32.1. The van der Waals surface area contributed by atoms with E-state index in [9.17, 15) is 0 Å². The van der Waals surface area contributed by atoms with Gasteiger partial charge in [-0.1, -0.05) is 6.07 Å². The lowest BCUT2D eigenvalue weighted by atomic mass is 10.3. The summed E-state index contributed by atoms with van der Waals surface area (Å²) in [5.74, 6) is 2.55. The van der Waals surface area contributed by atoms with Crippen molar-refractivity contribution in [1.82, 2.24) is 25.4 Å². The van der Waals surface area contributed by atoms with Gasteiger partial charge in [0.2, 0.25) is 0 Å². The Morgan fingerprint density at radius 3 is 2.80 bits per heavy atom. The Hall–Kier alpha value is -2.61. The van der Waals surface area contributed by atoms with Crippen molar-refractivity contribution in [3.05, 3.63) is 58.7 Å². The molecule has 3 rings (SSSR count). The van der Waals surface area contributed by atoms with Gasteiger partial charge in [-0.2, -0.15) is 5.10 Å². The Balaban J connectivity index is 1.53. The molecule has 2 N–H and O–H groups in total. The normalized spacial score (nSPS) is 11.6. The topological polar surface area (TPSA) is 80.3 Å². The van der Waals surface area contributed by atoms with Crippen LogP contribution in [0.25, 0.3) is 0 Å². The molecule has 0 radical (unpaired) electrons. The first kappa shape index (κ1) is 17.2. The van der Waals surface area contributed by atoms with Gasteiger partial charge in [0, 0.05) is 31.4 Å². The van der Waals surface area contributed by atoms with Gasteiger partial charge in [0.1, 0.15) is 24.5 Å². The van der Waals surface area contributed by atoms with E-state index in [0.717, 1.165) is 43.5 Å². The van der Waals surface area contributed by atoms with Gasteiger partial charge < -0.3 is 15.1 Å². The summed E-state index contributed by atoms with van der Waals surface area (Å²) in [7, 11) is 1.87. The van der Waals surface area contributed by atoms with Gasteiger partial charge in [0.25, 0.3) is 0 Å². The second-order valence-corrected chi connectivity index (χ2v) is 6.51. The van der Waals surface area contributed by atoms with Crippen LogP contribution in [0.15, 0.2) is 51.6 Å². The SMILES string of the molecule is Cn1ncnc1CN=C(NCCc1ccco1)NCCc1cccs1. The summed E-state index contributed by atoms with van der Waals surface area (Å²) in [4.78, 5) is 10.2. The van der Waals surface area contributed by atoms with Gasteiger partial charge >= 0.3 is 0 Å². The fourth-order valence-corrected chi connectivity index (χ4v) is 3.01. The van der Waals surface area contributed by atoms with Gasteiger partial charge in [-0.3, -0.25) is 4.68 Å². The quantitative estimate of drug-likeness (QED) is 0.475. The average molecular weight is 358 g/mol. The summed E-state index contributed by atoms with van der Waals surface area (Å²) < 4.78 is 7.09. The van der Waals surface area contributed by atoms with Crippen LogP contribution in [0.3, 0.4) is 0 Å². The minimum absolute atomic E-state index is 0.478. The maximum atomic E-state index is 5.36. The van der Waals surface area contributed by atoms with Gasteiger partial charge in [-0.05, 0) is 30.0 Å². The third-order valence-electron chi connectivity index (χ3n) is 3.67. The fourth-order valence-electron chi connectivity index (χ4n) is 2.31. The summed E-state index contributed by atoms with van der Waals surface area (Å²) >= 11 is 1.77. The molecule has 0 aliphatic carbocycles. The number of aryl methyl sites for hydroxylation is 1. The van der Waals surface area contributed by atoms with Crippen LogP contribution >= 0.6 is 11.3 Å². The molecule has 0 unspecified atom stereocenters. The molecule has 0 spiro atoms. The zero-order valence-corrected chi connectivity index (χ0v) is 15.0. The van der Waals surface area contributed by atoms with Crippen molar-refractivity contribution >= 4 is 17.3 Å². The van der Waals surface area contributed by atoms with Gasteiger partial charge in [-0.25, -0.2) is 9.98 Å². The van der Waals surface area contributed by atoms with Crippen LogP contribution in [0.4, 0.5) is 0 Å². The molecular formula is C17H22N6OS. The van der Waals surface area contributed by atoms with Gasteiger partial charge in [-0.15, -0.1) is 11.3 Å². The van der Waals surface area contributed by atoms with Crippen molar-refractivity contribution in [2.45, 2.75) is 19.4 Å². The number of rotatable bonds is 8. The zero-order valence-electron chi connectivity index (χ0n) is 14.2. The molecule has 0 bridgehead atoms. The highest BCUT2D eigenvalue weighted by molar-refractivity contribution is 7.09. The van der Waals surface area contributed by atoms with Crippen molar-refractivity contribution in [2.75, 3.05) is 13.1 Å². The van der Waals surface area contributed by atoms with E-state index in [4.69, 9.17) is 4.42 Å². The molecule has 132 valence electrons. The number of nitrogens with zero attached hydrogens (tertiary/aromatic N) is 4. The molecule has 25 heavy (non-hydrogen) atoms. The molecule has 3 aromatic rings. The van der Waals surface area contributed by atoms with Crippen LogP contribution in [0.5, 0.6) is 0 Å². The van der Waals surface area contributed by atoms with Crippen LogP contribution < -0.4 is 10.6 Å². The van der Waals surface area contributed by atoms with Crippen molar-refractivity contribution in [2.24, 2.45) is 12.0 Å². The Morgan fingerprint density at radius 1 is 1.24 bits per heavy atom. The van der Waals surface area contributed by atoms with E-state index in [-0.39, 0.29) is 0 Å². The molecule has 0 aliphatic heterocycles. The lowest BCUT2D eigenvalue weighted by Crippen LogP contribution is -2.39. The van der Waals surface area contributed by atoms with Crippen LogP contribution in [0.1, 0.15) is 16.5 Å². The molecule has 0 amide bonds. The Morgan fingerprint density at radius 2 is 2.12 bits per heavy atom. The predicted octanol–water partition coefficient (Wildman–Crippen LogP) is 1.99. The summed E-state index contributed by atoms with van der Waals surface area (Å²) in [5.41, 5.74) is 0. The minimum atomic E-state index is 0.478. The molecule has 0 atom stereocenters. The van der Waals surface area contributed by atoms with E-state index in [1.165, 1.54) is 4.88 Å². The second kappa shape index (κ2) is 9.03. The number of guanidine groups is 1. The van der Waals surface area contributed by atoms with Crippen LogP contribution in [0.2, 0.25) is 0 Å². The van der Waals surface area contributed by atoms with E-state index in [1.54, 1.807) is 28.6 Å². The minimum Gasteiger partial charge on any atom is -0.469 e. The lowest BCUT2D eigenvalue weighted by Gasteiger charge is -2.12. The highest BCUT2D eigenvalue weighted by Gasteiger charge is 2.03. The number of furan rings is 1. The fraction of sp³-hybridized carbons (Fsp3) is 0.353. The Labute approximate surface area is 150 Å². The summed E-state index contributed by atoms with van der Waals surface area (Å²) in [5, 5.41) is 12.9. The van der Waals surface area contributed by atoms with Crippen molar-refractivity contribution in [3.8, 4) is 0 Å². The third kappa shape index (κ3) is 5.46. The summed E-state index contributed by atoms with van der Waals surface area (Å²) in [6.45, 7) is 2.05. The number of aromatic nitrogens is 3. The molecule has 0 aliphatic rings. The smallest absolute Gasteiger partial charge is 0.191 e. The number of hydrogen-bond acceptors (Lipinski definition) is 5. The second-order valence-electron chi connectivity index (χ2n) is 5.48. The predicted molar refractivity (Wildman–Crippen MR) is 98.6 cm³/mol. The van der Waals surface area contributed by atoms with Crippen LogP contribution in [-0.4, -0.2) is 33.8 Å². The Bertz CT molecular complexity index is 721. The van der Waals surface area contributed by atoms with Crippen molar-refractivity contribution in [1.29, 1.82) is 0 Å². The molecule has 0 fully saturated rings. The first-order valence-electron chi connectivity index (χ1n) is 8.21. The van der Waals surface area contributed by atoms with E-state index in [0.29, 0.717) is 6.54 Å². The first-order chi connectivity index (χ1) is 12.3. The molecule has 3 heterocycles. The standard InChI is InChI=1S/C17H22N6OS/c1-23-16(21-13-22-23)12-20-17(18-8-6-14-4-2-10-24-14)19-9-7-15-5-3-11-25-15/h2-5,10-11,13H,6-9,12H2,1H3,(H2,18,19,20). The van der Waals surface area contributed by atoms with E-state index >= 15 is 0 Å². The number of thiophene rings is 1.